The molecule has 4 saturated carbocycles. The molecule has 1 nitrogen and oxygen atoms in total. The van der Waals surface area contributed by atoms with Crippen LogP contribution in [0, 0.1) is 22.7 Å². The summed E-state index contributed by atoms with van der Waals surface area (Å²) in [5, 5.41) is 0. The lowest BCUT2D eigenvalue weighted by molar-refractivity contribution is -0.113. The molecule has 0 saturated heterocycles. The van der Waals surface area contributed by atoms with Gasteiger partial charge in [0.15, 0.2) is 0 Å². The fourth-order valence-electron chi connectivity index (χ4n) is 6.02. The molecule has 1 heteroatoms. The van der Waals surface area contributed by atoms with E-state index in [4.69, 9.17) is 5.73 Å². The molecular formula is C17H29N. The van der Waals surface area contributed by atoms with Gasteiger partial charge in [-0.15, -0.1) is 6.58 Å². The molecule has 3 unspecified atom stereocenters. The number of nitrogens with two attached hydrogens (primary N) is 1. The summed E-state index contributed by atoms with van der Waals surface area (Å²) in [6.07, 6.45) is 14.4. The first kappa shape index (κ1) is 12.7. The molecule has 4 fully saturated rings. The molecule has 2 N–H and O–H groups in total. The quantitative estimate of drug-likeness (QED) is 0.569. The fraction of sp³-hybridized carbons (Fsp3) is 0.882. The molecule has 4 aliphatic carbocycles. The molecule has 0 radical (unpaired) electrons. The highest BCUT2D eigenvalue weighted by molar-refractivity contribution is 5.09. The fourth-order valence-corrected chi connectivity index (χ4v) is 6.02. The summed E-state index contributed by atoms with van der Waals surface area (Å²) in [6.45, 7) is 6.36. The summed E-state index contributed by atoms with van der Waals surface area (Å²) in [4.78, 5) is 0. The second-order valence-corrected chi connectivity index (χ2v) is 7.96. The summed E-state index contributed by atoms with van der Waals surface area (Å²) in [6, 6.07) is 0.447. The van der Waals surface area contributed by atoms with Crippen molar-refractivity contribution >= 4 is 0 Å². The lowest BCUT2D eigenvalue weighted by Crippen LogP contribution is -2.57. The van der Waals surface area contributed by atoms with Crippen LogP contribution in [0.2, 0.25) is 0 Å². The topological polar surface area (TPSA) is 26.0 Å². The minimum Gasteiger partial charge on any atom is -0.327 e. The van der Waals surface area contributed by atoms with Crippen LogP contribution in [0.25, 0.3) is 0 Å². The van der Waals surface area contributed by atoms with Gasteiger partial charge in [0.25, 0.3) is 0 Å². The van der Waals surface area contributed by atoms with Crippen molar-refractivity contribution < 1.29 is 0 Å². The number of hydrogen-bond acceptors (Lipinski definition) is 1. The van der Waals surface area contributed by atoms with Crippen LogP contribution in [0.1, 0.15) is 64.7 Å². The summed E-state index contributed by atoms with van der Waals surface area (Å²) in [5.41, 5.74) is 7.79. The Morgan fingerprint density at radius 1 is 1.28 bits per heavy atom. The molecule has 18 heavy (non-hydrogen) atoms. The zero-order valence-electron chi connectivity index (χ0n) is 12.0. The van der Waals surface area contributed by atoms with Crippen LogP contribution < -0.4 is 5.73 Å². The SMILES string of the molecule is C=CCCCC(N)C12CC3CC(CC(C)(C3)C1)C2. The monoisotopic (exact) mass is 247 g/mol. The van der Waals surface area contributed by atoms with Crippen LogP contribution in [0.4, 0.5) is 0 Å². The van der Waals surface area contributed by atoms with E-state index in [1.807, 2.05) is 6.08 Å². The molecule has 0 aliphatic heterocycles. The van der Waals surface area contributed by atoms with Crippen molar-refractivity contribution in [3.05, 3.63) is 12.7 Å². The summed E-state index contributed by atoms with van der Waals surface area (Å²) >= 11 is 0. The largest absolute Gasteiger partial charge is 0.327 e. The summed E-state index contributed by atoms with van der Waals surface area (Å²) < 4.78 is 0. The zero-order chi connectivity index (χ0) is 12.8. The first-order valence-corrected chi connectivity index (χ1v) is 7.92. The van der Waals surface area contributed by atoms with E-state index < -0.39 is 0 Å². The van der Waals surface area contributed by atoms with Gasteiger partial charge in [-0.2, -0.15) is 0 Å². The maximum Gasteiger partial charge on any atom is 0.00960 e. The van der Waals surface area contributed by atoms with Gasteiger partial charge in [0.05, 0.1) is 0 Å². The van der Waals surface area contributed by atoms with Gasteiger partial charge in [0.1, 0.15) is 0 Å². The van der Waals surface area contributed by atoms with Crippen LogP contribution in [0.3, 0.4) is 0 Å². The molecule has 102 valence electrons. The van der Waals surface area contributed by atoms with Crippen LogP contribution in [0.5, 0.6) is 0 Å². The molecule has 0 aromatic heterocycles. The average Bonchev–Trinajstić information content (AvgIpc) is 2.25. The van der Waals surface area contributed by atoms with E-state index in [1.54, 1.807) is 0 Å². The highest BCUT2D eigenvalue weighted by Gasteiger charge is 2.57. The Hall–Kier alpha value is -0.300. The number of unbranched alkanes of at least 4 members (excludes halogenated alkanes) is 1. The van der Waals surface area contributed by atoms with E-state index in [0.29, 0.717) is 16.9 Å². The van der Waals surface area contributed by atoms with Crippen LogP contribution in [0.15, 0.2) is 12.7 Å². The molecule has 4 bridgehead atoms. The van der Waals surface area contributed by atoms with Crippen LogP contribution in [-0.4, -0.2) is 6.04 Å². The molecule has 0 heterocycles. The van der Waals surface area contributed by atoms with Gasteiger partial charge in [-0.05, 0) is 80.5 Å². The second kappa shape index (κ2) is 4.37. The van der Waals surface area contributed by atoms with Gasteiger partial charge < -0.3 is 5.73 Å². The number of rotatable bonds is 5. The van der Waals surface area contributed by atoms with Gasteiger partial charge in [-0.25, -0.2) is 0 Å². The Balaban J connectivity index is 1.72. The van der Waals surface area contributed by atoms with E-state index in [2.05, 4.69) is 13.5 Å². The van der Waals surface area contributed by atoms with Crippen molar-refractivity contribution in [2.75, 3.05) is 0 Å². The minimum absolute atomic E-state index is 0.447. The summed E-state index contributed by atoms with van der Waals surface area (Å²) in [7, 11) is 0. The number of allylic oxidation sites excluding steroid dienone is 1. The Morgan fingerprint density at radius 2 is 1.94 bits per heavy atom. The first-order chi connectivity index (χ1) is 8.55. The Bertz CT molecular complexity index is 319. The van der Waals surface area contributed by atoms with E-state index >= 15 is 0 Å². The Labute approximate surface area is 112 Å². The zero-order valence-corrected chi connectivity index (χ0v) is 12.0. The van der Waals surface area contributed by atoms with E-state index in [1.165, 1.54) is 51.4 Å². The maximum atomic E-state index is 6.64. The van der Waals surface area contributed by atoms with Crippen molar-refractivity contribution in [3.63, 3.8) is 0 Å². The van der Waals surface area contributed by atoms with E-state index in [0.717, 1.165) is 18.3 Å². The van der Waals surface area contributed by atoms with Crippen molar-refractivity contribution in [1.82, 2.24) is 0 Å². The number of hydrogen-bond donors (Lipinski definition) is 1. The standard InChI is InChI=1S/C17H29N/c1-3-4-5-6-15(18)17-10-13-7-14(11-17)9-16(2,8-13)12-17/h3,13-15H,1,4-12,18H2,2H3. The third-order valence-electron chi connectivity index (χ3n) is 6.11. The highest BCUT2D eigenvalue weighted by atomic mass is 14.7. The molecule has 0 aromatic rings. The van der Waals surface area contributed by atoms with Gasteiger partial charge in [0.2, 0.25) is 0 Å². The van der Waals surface area contributed by atoms with Crippen LogP contribution in [-0.2, 0) is 0 Å². The Kier molecular flexibility index (Phi) is 3.09. The molecule has 0 spiro atoms. The first-order valence-electron chi connectivity index (χ1n) is 7.92. The van der Waals surface area contributed by atoms with E-state index in [9.17, 15) is 0 Å². The van der Waals surface area contributed by atoms with Crippen molar-refractivity contribution in [3.8, 4) is 0 Å². The van der Waals surface area contributed by atoms with Gasteiger partial charge in [-0.1, -0.05) is 13.0 Å². The van der Waals surface area contributed by atoms with Crippen molar-refractivity contribution in [1.29, 1.82) is 0 Å². The third kappa shape index (κ3) is 2.05. The average molecular weight is 247 g/mol. The molecule has 0 amide bonds. The molecule has 4 rings (SSSR count). The molecule has 0 aromatic carbocycles. The van der Waals surface area contributed by atoms with Gasteiger partial charge >= 0.3 is 0 Å². The lowest BCUT2D eigenvalue weighted by Gasteiger charge is -2.63. The van der Waals surface area contributed by atoms with Crippen molar-refractivity contribution in [2.45, 2.75) is 70.8 Å². The predicted molar refractivity (Wildman–Crippen MR) is 77.2 cm³/mol. The second-order valence-electron chi connectivity index (χ2n) is 7.96. The van der Waals surface area contributed by atoms with Crippen molar-refractivity contribution in [2.24, 2.45) is 28.4 Å². The smallest absolute Gasteiger partial charge is 0.00960 e. The minimum atomic E-state index is 0.447. The summed E-state index contributed by atoms with van der Waals surface area (Å²) in [5.74, 6) is 2.00. The maximum absolute atomic E-state index is 6.64. The normalized spacial score (nSPS) is 47.2. The van der Waals surface area contributed by atoms with Gasteiger partial charge in [-0.3, -0.25) is 0 Å². The lowest BCUT2D eigenvalue weighted by atomic mass is 9.43. The van der Waals surface area contributed by atoms with Crippen LogP contribution >= 0.6 is 0 Å². The Morgan fingerprint density at radius 3 is 2.50 bits per heavy atom. The highest BCUT2D eigenvalue weighted by Crippen LogP contribution is 2.66. The molecule has 3 atom stereocenters. The predicted octanol–water partition coefficient (Wildman–Crippen LogP) is 4.28. The molecule has 4 aliphatic rings. The van der Waals surface area contributed by atoms with Gasteiger partial charge in [0, 0.05) is 6.04 Å². The third-order valence-corrected chi connectivity index (χ3v) is 6.11. The van der Waals surface area contributed by atoms with E-state index in [-0.39, 0.29) is 0 Å². The molecular weight excluding hydrogens is 218 g/mol.